The highest BCUT2D eigenvalue weighted by molar-refractivity contribution is 5.64. The summed E-state index contributed by atoms with van der Waals surface area (Å²) in [6, 6.07) is 26.4. The largest absolute Gasteiger partial charge is 0.392 e. The minimum Gasteiger partial charge on any atom is -0.392 e. The predicted molar refractivity (Wildman–Crippen MR) is 94.7 cm³/mol. The maximum atomic E-state index is 9.23. The molecule has 0 aliphatic heterocycles. The number of aliphatic hydroxyl groups is 1. The number of hydrazine groups is 1. The summed E-state index contributed by atoms with van der Waals surface area (Å²) in [5.74, 6) is 0. The van der Waals surface area contributed by atoms with Crippen molar-refractivity contribution in [2.24, 2.45) is 0 Å². The van der Waals surface area contributed by atoms with Gasteiger partial charge in [0.15, 0.2) is 0 Å². The average molecular weight is 304 g/mol. The van der Waals surface area contributed by atoms with Crippen molar-refractivity contribution in [3.63, 3.8) is 0 Å². The molecule has 0 heterocycles. The summed E-state index contributed by atoms with van der Waals surface area (Å²) in [7, 11) is 0. The first-order valence-corrected chi connectivity index (χ1v) is 7.68. The summed E-state index contributed by atoms with van der Waals surface area (Å²) >= 11 is 0. The summed E-state index contributed by atoms with van der Waals surface area (Å²) in [5, 5.41) is 9.23. The number of benzene rings is 3. The normalized spacial score (nSPS) is 10.5. The van der Waals surface area contributed by atoms with Gasteiger partial charge in [-0.15, -0.1) is 0 Å². The van der Waals surface area contributed by atoms with Crippen LogP contribution < -0.4 is 10.9 Å². The van der Waals surface area contributed by atoms with Gasteiger partial charge in [0.05, 0.1) is 6.61 Å². The SMILES string of the molecule is OCc1cccc(-c2ccc(CNNc3ccccc3)cc2)c1. The van der Waals surface area contributed by atoms with Crippen molar-refractivity contribution in [1.29, 1.82) is 0 Å². The van der Waals surface area contributed by atoms with E-state index in [4.69, 9.17) is 0 Å². The highest BCUT2D eigenvalue weighted by Gasteiger charge is 2.00. The molecule has 0 aliphatic rings. The van der Waals surface area contributed by atoms with Gasteiger partial charge in [-0.05, 0) is 40.5 Å². The van der Waals surface area contributed by atoms with Gasteiger partial charge in [-0.1, -0.05) is 60.7 Å². The number of rotatable bonds is 6. The molecule has 23 heavy (non-hydrogen) atoms. The lowest BCUT2D eigenvalue weighted by molar-refractivity contribution is 0.282. The van der Waals surface area contributed by atoms with Crippen molar-refractivity contribution in [3.05, 3.63) is 90.0 Å². The quantitative estimate of drug-likeness (QED) is 0.604. The molecule has 3 heteroatoms. The summed E-state index contributed by atoms with van der Waals surface area (Å²) in [5.41, 5.74) is 11.8. The smallest absolute Gasteiger partial charge is 0.0682 e. The number of aliphatic hydroxyl groups excluding tert-OH is 1. The highest BCUT2D eigenvalue weighted by atomic mass is 16.3. The van der Waals surface area contributed by atoms with E-state index in [-0.39, 0.29) is 6.61 Å². The molecule has 3 aromatic carbocycles. The van der Waals surface area contributed by atoms with Gasteiger partial charge in [0, 0.05) is 12.2 Å². The molecule has 0 atom stereocenters. The first-order valence-electron chi connectivity index (χ1n) is 7.68. The van der Waals surface area contributed by atoms with Crippen LogP contribution in [0.25, 0.3) is 11.1 Å². The predicted octanol–water partition coefficient (Wildman–Crippen LogP) is 3.96. The van der Waals surface area contributed by atoms with Crippen LogP contribution in [0.5, 0.6) is 0 Å². The molecule has 3 nitrogen and oxygen atoms in total. The first-order chi connectivity index (χ1) is 11.3. The number of anilines is 1. The molecule has 3 aromatic rings. The molecule has 0 aliphatic carbocycles. The van der Waals surface area contributed by atoms with E-state index >= 15 is 0 Å². The Morgan fingerprint density at radius 1 is 0.696 bits per heavy atom. The molecule has 0 saturated heterocycles. The third kappa shape index (κ3) is 4.19. The number of para-hydroxylation sites is 1. The van der Waals surface area contributed by atoms with Gasteiger partial charge in [-0.25, -0.2) is 5.43 Å². The Labute approximate surface area is 136 Å². The molecule has 3 rings (SSSR count). The van der Waals surface area contributed by atoms with Crippen molar-refractivity contribution in [1.82, 2.24) is 5.43 Å². The Hall–Kier alpha value is -2.62. The van der Waals surface area contributed by atoms with E-state index in [2.05, 4.69) is 41.2 Å². The topological polar surface area (TPSA) is 44.3 Å². The van der Waals surface area contributed by atoms with Crippen molar-refractivity contribution in [2.45, 2.75) is 13.2 Å². The third-order valence-electron chi connectivity index (χ3n) is 3.70. The van der Waals surface area contributed by atoms with Gasteiger partial charge in [0.2, 0.25) is 0 Å². The fraction of sp³-hybridized carbons (Fsp3) is 0.100. The van der Waals surface area contributed by atoms with Crippen molar-refractivity contribution >= 4 is 5.69 Å². The van der Waals surface area contributed by atoms with Gasteiger partial charge in [0.25, 0.3) is 0 Å². The van der Waals surface area contributed by atoms with Gasteiger partial charge >= 0.3 is 0 Å². The lowest BCUT2D eigenvalue weighted by Gasteiger charge is -2.09. The molecule has 0 amide bonds. The summed E-state index contributed by atoms with van der Waals surface area (Å²) in [4.78, 5) is 0. The molecule has 0 saturated carbocycles. The van der Waals surface area contributed by atoms with E-state index in [1.165, 1.54) is 5.56 Å². The third-order valence-corrected chi connectivity index (χ3v) is 3.70. The zero-order valence-electron chi connectivity index (χ0n) is 12.9. The molecule has 0 unspecified atom stereocenters. The van der Waals surface area contributed by atoms with Crippen LogP contribution in [0.2, 0.25) is 0 Å². The van der Waals surface area contributed by atoms with E-state index in [9.17, 15) is 5.11 Å². The fourth-order valence-electron chi connectivity index (χ4n) is 2.43. The van der Waals surface area contributed by atoms with Gasteiger partial charge in [0.1, 0.15) is 0 Å². The molecular weight excluding hydrogens is 284 g/mol. The van der Waals surface area contributed by atoms with E-state index in [1.807, 2.05) is 48.5 Å². The molecule has 0 bridgehead atoms. The van der Waals surface area contributed by atoms with Crippen LogP contribution in [-0.2, 0) is 13.2 Å². The van der Waals surface area contributed by atoms with Crippen molar-refractivity contribution in [3.8, 4) is 11.1 Å². The Morgan fingerprint density at radius 3 is 2.22 bits per heavy atom. The molecule has 0 fully saturated rings. The average Bonchev–Trinajstić information content (AvgIpc) is 2.63. The zero-order valence-corrected chi connectivity index (χ0v) is 12.9. The molecular formula is C20H20N2O. The van der Waals surface area contributed by atoms with Gasteiger partial charge in [-0.3, -0.25) is 0 Å². The standard InChI is InChI=1S/C20H20N2O/c23-15-17-5-4-6-19(13-17)18-11-9-16(10-12-18)14-21-22-20-7-2-1-3-8-20/h1-13,21-23H,14-15H2. The monoisotopic (exact) mass is 304 g/mol. The van der Waals surface area contributed by atoms with E-state index in [1.54, 1.807) is 0 Å². The van der Waals surface area contributed by atoms with E-state index in [0.717, 1.165) is 28.9 Å². The van der Waals surface area contributed by atoms with Crippen LogP contribution in [0.3, 0.4) is 0 Å². The molecule has 116 valence electrons. The lowest BCUT2D eigenvalue weighted by Crippen LogP contribution is -2.20. The van der Waals surface area contributed by atoms with Crippen LogP contribution in [0.1, 0.15) is 11.1 Å². The lowest BCUT2D eigenvalue weighted by atomic mass is 10.0. The minimum atomic E-state index is 0.0704. The Balaban J connectivity index is 1.60. The maximum absolute atomic E-state index is 9.23. The van der Waals surface area contributed by atoms with Crippen molar-refractivity contribution < 1.29 is 5.11 Å². The fourth-order valence-corrected chi connectivity index (χ4v) is 2.43. The van der Waals surface area contributed by atoms with Crippen LogP contribution in [0.15, 0.2) is 78.9 Å². The Morgan fingerprint density at radius 2 is 1.48 bits per heavy atom. The van der Waals surface area contributed by atoms with Gasteiger partial charge in [-0.2, -0.15) is 0 Å². The van der Waals surface area contributed by atoms with E-state index < -0.39 is 0 Å². The molecule has 3 N–H and O–H groups in total. The summed E-state index contributed by atoms with van der Waals surface area (Å²) in [6.45, 7) is 0.812. The van der Waals surface area contributed by atoms with Crippen molar-refractivity contribution in [2.75, 3.05) is 5.43 Å². The number of nitrogens with one attached hydrogen (secondary N) is 2. The molecule has 0 radical (unpaired) electrons. The Bertz CT molecular complexity index is 739. The number of hydrogen-bond donors (Lipinski definition) is 3. The maximum Gasteiger partial charge on any atom is 0.0682 e. The van der Waals surface area contributed by atoms with Crippen LogP contribution >= 0.6 is 0 Å². The van der Waals surface area contributed by atoms with E-state index in [0.29, 0.717) is 0 Å². The first kappa shape index (κ1) is 15.3. The molecule has 0 spiro atoms. The van der Waals surface area contributed by atoms with Crippen LogP contribution in [0.4, 0.5) is 5.69 Å². The summed E-state index contributed by atoms with van der Waals surface area (Å²) in [6.07, 6.45) is 0. The second kappa shape index (κ2) is 7.58. The molecule has 0 aromatic heterocycles. The number of hydrogen-bond acceptors (Lipinski definition) is 3. The summed E-state index contributed by atoms with van der Waals surface area (Å²) < 4.78 is 0. The highest BCUT2D eigenvalue weighted by Crippen LogP contribution is 2.21. The van der Waals surface area contributed by atoms with Gasteiger partial charge < -0.3 is 10.5 Å². The second-order valence-corrected chi connectivity index (χ2v) is 5.40. The van der Waals surface area contributed by atoms with Crippen LogP contribution in [-0.4, -0.2) is 5.11 Å². The Kier molecular flexibility index (Phi) is 5.04. The zero-order chi connectivity index (χ0) is 15.9. The van der Waals surface area contributed by atoms with Crippen LogP contribution in [0, 0.1) is 0 Å². The minimum absolute atomic E-state index is 0.0704. The second-order valence-electron chi connectivity index (χ2n) is 5.40.